The van der Waals surface area contributed by atoms with Crippen molar-refractivity contribution in [1.29, 1.82) is 0 Å². The van der Waals surface area contributed by atoms with Crippen LogP contribution in [0, 0.1) is 0 Å². The fourth-order valence-corrected chi connectivity index (χ4v) is 1.07. The van der Waals surface area contributed by atoms with Crippen LogP contribution in [-0.4, -0.2) is 15.2 Å². The van der Waals surface area contributed by atoms with E-state index in [0.29, 0.717) is 0 Å². The fraction of sp³-hybridized carbons (Fsp3) is 0.250. The van der Waals surface area contributed by atoms with Gasteiger partial charge in [0.05, 0.1) is 11.7 Å². The molecule has 2 aromatic rings. The van der Waals surface area contributed by atoms with Gasteiger partial charge in [-0.2, -0.15) is 5.10 Å². The molecule has 3 nitrogen and oxygen atoms in total. The molecule has 0 aliphatic rings. The quantitative estimate of drug-likeness (QED) is 0.664. The van der Waals surface area contributed by atoms with Crippen LogP contribution in [0.15, 0.2) is 18.3 Å². The maximum Gasteiger partial charge on any atom is 0.108 e. The number of aromatic amines is 1. The van der Waals surface area contributed by atoms with Crippen LogP contribution in [0.4, 0.5) is 0 Å². The van der Waals surface area contributed by atoms with Gasteiger partial charge in [0.25, 0.3) is 0 Å². The number of aryl methyl sites for hydroxylation is 1. The first-order chi connectivity index (χ1) is 5.40. The van der Waals surface area contributed by atoms with Crippen LogP contribution in [-0.2, 0) is 6.42 Å². The first-order valence-electron chi connectivity index (χ1n) is 3.69. The van der Waals surface area contributed by atoms with Gasteiger partial charge in [-0.05, 0) is 18.6 Å². The Morgan fingerprint density at radius 2 is 2.36 bits per heavy atom. The zero-order valence-electron chi connectivity index (χ0n) is 6.33. The number of hydrogen-bond donors (Lipinski definition) is 1. The molecular formula is C8H9N3. The summed E-state index contributed by atoms with van der Waals surface area (Å²) in [5, 5.41) is 6.75. The van der Waals surface area contributed by atoms with E-state index in [2.05, 4.69) is 22.1 Å². The first kappa shape index (κ1) is 6.34. The van der Waals surface area contributed by atoms with E-state index in [1.54, 1.807) is 6.20 Å². The maximum atomic E-state index is 4.36. The molecule has 2 heterocycles. The number of hydrogen-bond acceptors (Lipinski definition) is 2. The molecule has 0 amide bonds. The topological polar surface area (TPSA) is 41.6 Å². The van der Waals surface area contributed by atoms with Crippen molar-refractivity contribution >= 4 is 11.0 Å². The second kappa shape index (κ2) is 2.34. The molecule has 2 aromatic heterocycles. The third kappa shape index (κ3) is 0.981. The second-order valence-corrected chi connectivity index (χ2v) is 2.46. The predicted octanol–water partition coefficient (Wildman–Crippen LogP) is 1.52. The molecule has 0 saturated heterocycles. The Balaban J connectivity index is 2.67. The molecule has 3 heteroatoms. The third-order valence-corrected chi connectivity index (χ3v) is 1.72. The number of H-pyrrole nitrogens is 1. The van der Waals surface area contributed by atoms with E-state index in [4.69, 9.17) is 0 Å². The van der Waals surface area contributed by atoms with Crippen LogP contribution in [0.5, 0.6) is 0 Å². The van der Waals surface area contributed by atoms with Crippen LogP contribution in [0.25, 0.3) is 11.0 Å². The summed E-state index contributed by atoms with van der Waals surface area (Å²) in [7, 11) is 0. The van der Waals surface area contributed by atoms with E-state index in [0.717, 1.165) is 23.1 Å². The average Bonchev–Trinajstić information content (AvgIpc) is 2.50. The van der Waals surface area contributed by atoms with E-state index < -0.39 is 0 Å². The summed E-state index contributed by atoms with van der Waals surface area (Å²) in [6, 6.07) is 4.02. The summed E-state index contributed by atoms with van der Waals surface area (Å²) in [6.07, 6.45) is 2.72. The predicted molar refractivity (Wildman–Crippen MR) is 43.3 cm³/mol. The minimum atomic E-state index is 0.948. The van der Waals surface area contributed by atoms with Gasteiger partial charge >= 0.3 is 0 Å². The molecule has 0 aliphatic carbocycles. The Morgan fingerprint density at radius 1 is 1.45 bits per heavy atom. The van der Waals surface area contributed by atoms with Crippen molar-refractivity contribution < 1.29 is 0 Å². The van der Waals surface area contributed by atoms with E-state index in [9.17, 15) is 0 Å². The van der Waals surface area contributed by atoms with Crippen molar-refractivity contribution in [2.24, 2.45) is 0 Å². The van der Waals surface area contributed by atoms with Gasteiger partial charge in [-0.1, -0.05) is 6.92 Å². The molecule has 0 fully saturated rings. The van der Waals surface area contributed by atoms with Crippen molar-refractivity contribution in [2.45, 2.75) is 13.3 Å². The van der Waals surface area contributed by atoms with Gasteiger partial charge in [0.2, 0.25) is 0 Å². The molecular weight excluding hydrogens is 138 g/mol. The summed E-state index contributed by atoms with van der Waals surface area (Å²) in [5.41, 5.74) is 3.06. The summed E-state index contributed by atoms with van der Waals surface area (Å²) in [5.74, 6) is 0. The van der Waals surface area contributed by atoms with Crippen LogP contribution in [0.2, 0.25) is 0 Å². The Hall–Kier alpha value is -1.38. The van der Waals surface area contributed by atoms with Crippen LogP contribution in [0.3, 0.4) is 0 Å². The zero-order chi connectivity index (χ0) is 7.68. The standard InChI is InChI=1S/C8H9N3/c1-2-6-3-4-7-8(10-6)5-9-11-7/h3-5H,2H2,1H3,(H,9,11). The molecule has 0 aromatic carbocycles. The Labute approximate surface area is 64.5 Å². The molecule has 56 valence electrons. The summed E-state index contributed by atoms with van der Waals surface area (Å²) >= 11 is 0. The van der Waals surface area contributed by atoms with Gasteiger partial charge in [0, 0.05) is 5.69 Å². The Kier molecular flexibility index (Phi) is 1.35. The lowest BCUT2D eigenvalue weighted by molar-refractivity contribution is 1.06. The van der Waals surface area contributed by atoms with E-state index in [-0.39, 0.29) is 0 Å². The lowest BCUT2D eigenvalue weighted by atomic mass is 10.3. The number of nitrogens with zero attached hydrogens (tertiary/aromatic N) is 2. The molecule has 0 radical (unpaired) electrons. The van der Waals surface area contributed by atoms with Crippen molar-refractivity contribution in [3.63, 3.8) is 0 Å². The number of fused-ring (bicyclic) bond motifs is 1. The van der Waals surface area contributed by atoms with Crippen molar-refractivity contribution in [3.05, 3.63) is 24.0 Å². The van der Waals surface area contributed by atoms with Crippen molar-refractivity contribution in [2.75, 3.05) is 0 Å². The molecule has 2 rings (SSSR count). The summed E-state index contributed by atoms with van der Waals surface area (Å²) in [6.45, 7) is 2.09. The molecule has 0 atom stereocenters. The van der Waals surface area contributed by atoms with Crippen LogP contribution >= 0.6 is 0 Å². The molecule has 11 heavy (non-hydrogen) atoms. The number of nitrogens with one attached hydrogen (secondary N) is 1. The van der Waals surface area contributed by atoms with Gasteiger partial charge in [0.1, 0.15) is 5.52 Å². The first-order valence-corrected chi connectivity index (χ1v) is 3.69. The van der Waals surface area contributed by atoms with Gasteiger partial charge < -0.3 is 0 Å². The van der Waals surface area contributed by atoms with Gasteiger partial charge in [-0.3, -0.25) is 5.10 Å². The van der Waals surface area contributed by atoms with Crippen LogP contribution in [0.1, 0.15) is 12.6 Å². The SMILES string of the molecule is CCc1ccc2[nH]ncc2n1. The minimum absolute atomic E-state index is 0.948. The molecule has 0 saturated carbocycles. The highest BCUT2D eigenvalue weighted by molar-refractivity contribution is 5.72. The van der Waals surface area contributed by atoms with Gasteiger partial charge in [0.15, 0.2) is 0 Å². The Morgan fingerprint density at radius 3 is 3.18 bits per heavy atom. The fourth-order valence-electron chi connectivity index (χ4n) is 1.07. The number of rotatable bonds is 1. The molecule has 1 N–H and O–H groups in total. The van der Waals surface area contributed by atoms with E-state index >= 15 is 0 Å². The highest BCUT2D eigenvalue weighted by atomic mass is 15.1. The second-order valence-electron chi connectivity index (χ2n) is 2.46. The van der Waals surface area contributed by atoms with Crippen molar-refractivity contribution in [3.8, 4) is 0 Å². The highest BCUT2D eigenvalue weighted by Gasteiger charge is 1.96. The monoisotopic (exact) mass is 147 g/mol. The maximum absolute atomic E-state index is 4.36. The normalized spacial score (nSPS) is 10.6. The summed E-state index contributed by atoms with van der Waals surface area (Å²) in [4.78, 5) is 4.36. The number of aromatic nitrogens is 3. The summed E-state index contributed by atoms with van der Waals surface area (Å²) < 4.78 is 0. The minimum Gasteiger partial charge on any atom is -0.276 e. The van der Waals surface area contributed by atoms with Gasteiger partial charge in [-0.15, -0.1) is 0 Å². The lowest BCUT2D eigenvalue weighted by Crippen LogP contribution is -1.84. The van der Waals surface area contributed by atoms with Crippen LogP contribution < -0.4 is 0 Å². The van der Waals surface area contributed by atoms with E-state index in [1.807, 2.05) is 12.1 Å². The molecule has 0 unspecified atom stereocenters. The third-order valence-electron chi connectivity index (χ3n) is 1.72. The largest absolute Gasteiger partial charge is 0.276 e. The lowest BCUT2D eigenvalue weighted by Gasteiger charge is -1.93. The van der Waals surface area contributed by atoms with E-state index in [1.165, 1.54) is 0 Å². The zero-order valence-corrected chi connectivity index (χ0v) is 6.33. The molecule has 0 bridgehead atoms. The average molecular weight is 147 g/mol. The van der Waals surface area contributed by atoms with Gasteiger partial charge in [-0.25, -0.2) is 4.98 Å². The highest BCUT2D eigenvalue weighted by Crippen LogP contribution is 2.07. The van der Waals surface area contributed by atoms with Crippen molar-refractivity contribution in [1.82, 2.24) is 15.2 Å². The Bertz CT molecular complexity index is 364. The number of pyridine rings is 1. The molecule has 0 spiro atoms. The smallest absolute Gasteiger partial charge is 0.108 e. The molecule has 0 aliphatic heterocycles.